The Morgan fingerprint density at radius 2 is 1.28 bits per heavy atom. The van der Waals surface area contributed by atoms with Crippen molar-refractivity contribution < 1.29 is 0 Å². The molecule has 0 saturated carbocycles. The normalized spacial score (nSPS) is 14.7. The van der Waals surface area contributed by atoms with Crippen LogP contribution in [0, 0.1) is 5.92 Å². The molecule has 0 heterocycles. The van der Waals surface area contributed by atoms with Gasteiger partial charge in [-0.3, -0.25) is 0 Å². The molecule has 0 aliphatic rings. The zero-order valence-electron chi connectivity index (χ0n) is 13.4. The average molecular weight is 255 g/mol. The lowest BCUT2D eigenvalue weighted by molar-refractivity contribution is 0.366. The summed E-state index contributed by atoms with van der Waals surface area (Å²) in [5, 5.41) is 3.61. The summed E-state index contributed by atoms with van der Waals surface area (Å²) >= 11 is 0. The molecule has 0 aromatic rings. The Morgan fingerprint density at radius 1 is 0.722 bits per heavy atom. The summed E-state index contributed by atoms with van der Waals surface area (Å²) in [6, 6.07) is 0.689. The van der Waals surface area contributed by atoms with Crippen LogP contribution in [-0.4, -0.2) is 12.6 Å². The van der Waals surface area contributed by atoms with Crippen LogP contribution >= 0.6 is 0 Å². The van der Waals surface area contributed by atoms with Crippen LogP contribution in [0.1, 0.15) is 91.9 Å². The maximum absolute atomic E-state index is 3.61. The summed E-state index contributed by atoms with van der Waals surface area (Å²) in [6.45, 7) is 10.4. The van der Waals surface area contributed by atoms with Gasteiger partial charge in [0, 0.05) is 6.04 Å². The molecule has 0 aromatic carbocycles. The third-order valence-corrected chi connectivity index (χ3v) is 4.08. The van der Waals surface area contributed by atoms with Gasteiger partial charge in [0.15, 0.2) is 0 Å². The quantitative estimate of drug-likeness (QED) is 0.426. The first-order chi connectivity index (χ1) is 8.72. The predicted molar refractivity (Wildman–Crippen MR) is 84.1 cm³/mol. The van der Waals surface area contributed by atoms with E-state index >= 15 is 0 Å². The van der Waals surface area contributed by atoms with Crippen LogP contribution in [-0.2, 0) is 0 Å². The van der Waals surface area contributed by atoms with E-state index in [1.165, 1.54) is 70.8 Å². The minimum atomic E-state index is 0.689. The fraction of sp³-hybridized carbons (Fsp3) is 1.00. The molecule has 2 atom stereocenters. The SMILES string of the molecule is CCCCCCCCCCC(C)C(C)NCCC. The van der Waals surface area contributed by atoms with E-state index in [0.717, 1.165) is 5.92 Å². The van der Waals surface area contributed by atoms with Gasteiger partial charge in [-0.1, -0.05) is 72.1 Å². The number of hydrogen-bond acceptors (Lipinski definition) is 1. The summed E-state index contributed by atoms with van der Waals surface area (Å²) < 4.78 is 0. The second-order valence-electron chi connectivity index (χ2n) is 5.98. The van der Waals surface area contributed by atoms with E-state index in [4.69, 9.17) is 0 Å². The highest BCUT2D eigenvalue weighted by atomic mass is 14.9. The van der Waals surface area contributed by atoms with Crippen molar-refractivity contribution in [1.82, 2.24) is 5.32 Å². The van der Waals surface area contributed by atoms with Gasteiger partial charge in [-0.05, 0) is 32.2 Å². The Balaban J connectivity index is 3.26. The lowest BCUT2D eigenvalue weighted by Gasteiger charge is -2.21. The van der Waals surface area contributed by atoms with Crippen molar-refractivity contribution in [2.24, 2.45) is 5.92 Å². The van der Waals surface area contributed by atoms with E-state index in [1.807, 2.05) is 0 Å². The zero-order chi connectivity index (χ0) is 13.6. The molecule has 1 N–H and O–H groups in total. The van der Waals surface area contributed by atoms with E-state index in [-0.39, 0.29) is 0 Å². The number of rotatable bonds is 13. The molecule has 0 spiro atoms. The highest BCUT2D eigenvalue weighted by Gasteiger charge is 2.10. The molecule has 0 aromatic heterocycles. The standard InChI is InChI=1S/C17H37N/c1-5-7-8-9-10-11-12-13-14-16(3)17(4)18-15-6-2/h16-18H,5-15H2,1-4H3. The average Bonchev–Trinajstić information content (AvgIpc) is 2.38. The van der Waals surface area contributed by atoms with Gasteiger partial charge in [-0.2, -0.15) is 0 Å². The van der Waals surface area contributed by atoms with Crippen molar-refractivity contribution in [2.45, 2.75) is 97.9 Å². The van der Waals surface area contributed by atoms with Gasteiger partial charge in [0.25, 0.3) is 0 Å². The highest BCUT2D eigenvalue weighted by molar-refractivity contribution is 4.68. The highest BCUT2D eigenvalue weighted by Crippen LogP contribution is 2.15. The summed E-state index contributed by atoms with van der Waals surface area (Å²) in [5.74, 6) is 0.830. The van der Waals surface area contributed by atoms with Gasteiger partial charge >= 0.3 is 0 Å². The van der Waals surface area contributed by atoms with E-state index in [1.54, 1.807) is 0 Å². The van der Waals surface area contributed by atoms with E-state index in [2.05, 4.69) is 33.0 Å². The molecule has 1 heteroatoms. The Morgan fingerprint density at radius 3 is 1.83 bits per heavy atom. The van der Waals surface area contributed by atoms with Gasteiger partial charge < -0.3 is 5.32 Å². The monoisotopic (exact) mass is 255 g/mol. The maximum Gasteiger partial charge on any atom is 0.00643 e. The maximum atomic E-state index is 3.61. The molecule has 18 heavy (non-hydrogen) atoms. The molecule has 1 nitrogen and oxygen atoms in total. The van der Waals surface area contributed by atoms with Gasteiger partial charge in [-0.25, -0.2) is 0 Å². The Kier molecular flexibility index (Phi) is 13.4. The fourth-order valence-corrected chi connectivity index (χ4v) is 2.42. The predicted octanol–water partition coefficient (Wildman–Crippen LogP) is 5.54. The smallest absolute Gasteiger partial charge is 0.00643 e. The Labute approximate surface area is 116 Å². The molecule has 0 fully saturated rings. The summed E-state index contributed by atoms with van der Waals surface area (Å²) in [6.07, 6.45) is 14.1. The Bertz CT molecular complexity index is 156. The van der Waals surface area contributed by atoms with E-state index < -0.39 is 0 Å². The van der Waals surface area contributed by atoms with Gasteiger partial charge in [0.2, 0.25) is 0 Å². The zero-order valence-corrected chi connectivity index (χ0v) is 13.4. The summed E-state index contributed by atoms with van der Waals surface area (Å²) in [4.78, 5) is 0. The van der Waals surface area contributed by atoms with Crippen LogP contribution in [0.15, 0.2) is 0 Å². The van der Waals surface area contributed by atoms with Crippen LogP contribution in [0.3, 0.4) is 0 Å². The van der Waals surface area contributed by atoms with Crippen LogP contribution < -0.4 is 5.32 Å². The van der Waals surface area contributed by atoms with Gasteiger partial charge in [-0.15, -0.1) is 0 Å². The Hall–Kier alpha value is -0.0400. The fourth-order valence-electron chi connectivity index (χ4n) is 2.42. The molecule has 110 valence electrons. The molecule has 0 amide bonds. The molecule has 0 bridgehead atoms. The lowest BCUT2D eigenvalue weighted by Crippen LogP contribution is -2.32. The minimum Gasteiger partial charge on any atom is -0.314 e. The van der Waals surface area contributed by atoms with E-state index in [9.17, 15) is 0 Å². The first-order valence-electron chi connectivity index (χ1n) is 8.45. The van der Waals surface area contributed by atoms with Gasteiger partial charge in [0.05, 0.1) is 0 Å². The molecule has 0 rings (SSSR count). The van der Waals surface area contributed by atoms with Crippen LogP contribution in [0.25, 0.3) is 0 Å². The molecule has 0 aliphatic carbocycles. The minimum absolute atomic E-state index is 0.689. The largest absolute Gasteiger partial charge is 0.314 e. The van der Waals surface area contributed by atoms with Crippen molar-refractivity contribution in [1.29, 1.82) is 0 Å². The second-order valence-corrected chi connectivity index (χ2v) is 5.98. The molecular weight excluding hydrogens is 218 g/mol. The third kappa shape index (κ3) is 11.1. The van der Waals surface area contributed by atoms with E-state index in [0.29, 0.717) is 6.04 Å². The number of nitrogens with one attached hydrogen (secondary N) is 1. The lowest BCUT2D eigenvalue weighted by atomic mass is 9.95. The molecule has 2 unspecified atom stereocenters. The first-order valence-corrected chi connectivity index (χ1v) is 8.45. The molecule has 0 saturated heterocycles. The van der Waals surface area contributed by atoms with Crippen molar-refractivity contribution in [3.63, 3.8) is 0 Å². The van der Waals surface area contributed by atoms with Gasteiger partial charge in [0.1, 0.15) is 0 Å². The van der Waals surface area contributed by atoms with Crippen molar-refractivity contribution in [3.05, 3.63) is 0 Å². The van der Waals surface area contributed by atoms with Crippen molar-refractivity contribution in [3.8, 4) is 0 Å². The first kappa shape index (κ1) is 18.0. The van der Waals surface area contributed by atoms with Crippen molar-refractivity contribution in [2.75, 3.05) is 6.54 Å². The number of unbranched alkanes of at least 4 members (excludes halogenated alkanes) is 7. The number of hydrogen-bond donors (Lipinski definition) is 1. The van der Waals surface area contributed by atoms with Crippen LogP contribution in [0.5, 0.6) is 0 Å². The third-order valence-electron chi connectivity index (χ3n) is 4.08. The molecule has 0 radical (unpaired) electrons. The summed E-state index contributed by atoms with van der Waals surface area (Å²) in [7, 11) is 0. The van der Waals surface area contributed by atoms with Crippen molar-refractivity contribution >= 4 is 0 Å². The topological polar surface area (TPSA) is 12.0 Å². The molecule has 0 aliphatic heterocycles. The molecular formula is C17H37N. The van der Waals surface area contributed by atoms with Crippen LogP contribution in [0.2, 0.25) is 0 Å². The van der Waals surface area contributed by atoms with Crippen LogP contribution in [0.4, 0.5) is 0 Å². The second kappa shape index (κ2) is 13.4. The summed E-state index contributed by atoms with van der Waals surface area (Å²) in [5.41, 5.74) is 0.